The third-order valence-electron chi connectivity index (χ3n) is 10.9. The number of carbonyl (C=O) groups excluding carboxylic acids is 3. The summed E-state index contributed by atoms with van der Waals surface area (Å²) in [5.41, 5.74) is 4.31. The highest BCUT2D eigenvalue weighted by molar-refractivity contribution is 6.05. The van der Waals surface area contributed by atoms with E-state index in [0.29, 0.717) is 67.8 Å². The first kappa shape index (κ1) is 33.1. The van der Waals surface area contributed by atoms with E-state index in [1.165, 1.54) is 36.6 Å². The molecule has 3 N–H and O–H groups in total. The van der Waals surface area contributed by atoms with Crippen molar-refractivity contribution in [3.05, 3.63) is 70.9 Å². The molecule has 258 valence electrons. The second kappa shape index (κ2) is 14.2. The number of ether oxygens (including phenoxy) is 1. The van der Waals surface area contributed by atoms with Gasteiger partial charge in [0.2, 0.25) is 11.8 Å². The summed E-state index contributed by atoms with van der Waals surface area (Å²) in [5.74, 6) is -0.612. The van der Waals surface area contributed by atoms with Gasteiger partial charge in [-0.3, -0.25) is 14.4 Å². The molecule has 0 unspecified atom stereocenters. The minimum absolute atomic E-state index is 0.0830. The Morgan fingerprint density at radius 1 is 0.878 bits per heavy atom. The average molecular weight is 667 g/mol. The summed E-state index contributed by atoms with van der Waals surface area (Å²) in [4.78, 5) is 54.3. The second-order valence-corrected chi connectivity index (χ2v) is 14.2. The van der Waals surface area contributed by atoms with Crippen LogP contribution < -0.4 is 10.6 Å². The zero-order valence-electron chi connectivity index (χ0n) is 28.0. The van der Waals surface area contributed by atoms with Gasteiger partial charge in [-0.05, 0) is 91.8 Å². The molecule has 3 saturated carbocycles. The van der Waals surface area contributed by atoms with Crippen molar-refractivity contribution in [2.24, 2.45) is 0 Å². The molecular weight excluding hydrogens is 620 g/mol. The van der Waals surface area contributed by atoms with E-state index in [1.807, 2.05) is 17.0 Å². The number of rotatable bonds is 10. The highest BCUT2D eigenvalue weighted by atomic mass is 16.5. The molecule has 3 amide bonds. The van der Waals surface area contributed by atoms with Crippen molar-refractivity contribution in [2.45, 2.75) is 94.5 Å². The van der Waals surface area contributed by atoms with Crippen LogP contribution in [0, 0.1) is 0 Å². The monoisotopic (exact) mass is 666 g/mol. The van der Waals surface area contributed by atoms with E-state index < -0.39 is 11.5 Å². The minimum Gasteiger partial charge on any atom is -0.478 e. The third-order valence-corrected chi connectivity index (χ3v) is 10.9. The Balaban J connectivity index is 1.18. The van der Waals surface area contributed by atoms with Crippen molar-refractivity contribution in [3.63, 3.8) is 0 Å². The first-order chi connectivity index (χ1) is 23.8. The van der Waals surface area contributed by atoms with Crippen molar-refractivity contribution in [2.75, 3.05) is 31.6 Å². The van der Waals surface area contributed by atoms with E-state index in [-0.39, 0.29) is 24.3 Å². The maximum atomic E-state index is 14.1. The zero-order valence-corrected chi connectivity index (χ0v) is 28.0. The van der Waals surface area contributed by atoms with Crippen molar-refractivity contribution in [1.29, 1.82) is 0 Å². The lowest BCUT2D eigenvalue weighted by Gasteiger charge is -2.29. The van der Waals surface area contributed by atoms with Crippen LogP contribution >= 0.6 is 0 Å². The molecule has 49 heavy (non-hydrogen) atoms. The van der Waals surface area contributed by atoms with Gasteiger partial charge in [-0.2, -0.15) is 0 Å². The van der Waals surface area contributed by atoms with Crippen LogP contribution in [-0.4, -0.2) is 70.1 Å². The first-order valence-corrected chi connectivity index (χ1v) is 18.0. The number of amides is 3. The third kappa shape index (κ3) is 7.15. The standard InChI is InChI=1S/C39H46N4O6/c44-33(42-20-22-49-23-21-42)25-43-32-24-29(13-16-31(32)35(36(43)28-11-12-28)27-6-2-1-3-7-27)37(47)41-39(18-4-5-19-39)38(48)40-30-14-8-26(9-15-30)10-17-34(45)46/h8-10,13-17,24,27-28H,1-7,11-12,18-23,25H2,(H,40,48)(H,41,47)(H,45,46). The molecule has 3 aliphatic carbocycles. The number of carboxylic acids is 1. The number of carboxylic acid groups (broad SMARTS) is 1. The number of aromatic nitrogens is 1. The van der Waals surface area contributed by atoms with Crippen LogP contribution in [0.15, 0.2) is 48.5 Å². The summed E-state index contributed by atoms with van der Waals surface area (Å²) in [6, 6.07) is 12.8. The SMILES string of the molecule is O=C(O)C=Cc1ccc(NC(=O)C2(NC(=O)c3ccc4c(C5CCCCC5)c(C5CC5)n(CC(=O)N5CCOCC5)c4c3)CCCC2)cc1. The molecule has 4 fully saturated rings. The van der Waals surface area contributed by atoms with Gasteiger partial charge in [-0.15, -0.1) is 0 Å². The van der Waals surface area contributed by atoms with Crippen molar-refractivity contribution in [1.82, 2.24) is 14.8 Å². The molecular formula is C39H46N4O6. The fourth-order valence-electron chi connectivity index (χ4n) is 8.15. The fraction of sp³-hybridized carbons (Fsp3) is 0.487. The van der Waals surface area contributed by atoms with Gasteiger partial charge in [0.25, 0.3) is 5.91 Å². The van der Waals surface area contributed by atoms with E-state index in [1.54, 1.807) is 24.3 Å². The normalized spacial score (nSPS) is 19.7. The number of aliphatic carboxylic acids is 1. The summed E-state index contributed by atoms with van der Waals surface area (Å²) < 4.78 is 7.73. The number of nitrogens with zero attached hydrogens (tertiary/aromatic N) is 2. The molecule has 7 rings (SSSR count). The largest absolute Gasteiger partial charge is 0.478 e. The summed E-state index contributed by atoms with van der Waals surface area (Å²) in [7, 11) is 0. The molecule has 0 radical (unpaired) electrons. The number of benzene rings is 2. The van der Waals surface area contributed by atoms with E-state index in [9.17, 15) is 19.2 Å². The van der Waals surface area contributed by atoms with Gasteiger partial charge in [0.15, 0.2) is 0 Å². The Hall–Kier alpha value is -4.44. The second-order valence-electron chi connectivity index (χ2n) is 14.2. The Kier molecular flexibility index (Phi) is 9.58. The molecule has 1 aliphatic heterocycles. The number of anilines is 1. The number of carbonyl (C=O) groups is 4. The summed E-state index contributed by atoms with van der Waals surface area (Å²) >= 11 is 0. The van der Waals surface area contributed by atoms with E-state index in [0.717, 1.165) is 55.5 Å². The van der Waals surface area contributed by atoms with Gasteiger partial charge in [-0.1, -0.05) is 50.3 Å². The lowest BCUT2D eigenvalue weighted by atomic mass is 9.82. The topological polar surface area (TPSA) is 130 Å². The maximum Gasteiger partial charge on any atom is 0.328 e. The van der Waals surface area contributed by atoms with Gasteiger partial charge in [0.05, 0.1) is 13.2 Å². The Morgan fingerprint density at radius 3 is 2.27 bits per heavy atom. The number of morpholine rings is 1. The Bertz CT molecular complexity index is 1750. The number of hydrogen-bond acceptors (Lipinski definition) is 5. The number of hydrogen-bond donors (Lipinski definition) is 3. The lowest BCUT2D eigenvalue weighted by molar-refractivity contribution is -0.136. The average Bonchev–Trinajstić information content (AvgIpc) is 3.77. The molecule has 10 heteroatoms. The molecule has 0 spiro atoms. The lowest BCUT2D eigenvalue weighted by Crippen LogP contribution is -2.55. The van der Waals surface area contributed by atoms with Crippen LogP contribution in [0.25, 0.3) is 17.0 Å². The van der Waals surface area contributed by atoms with E-state index in [4.69, 9.17) is 9.84 Å². The van der Waals surface area contributed by atoms with Crippen molar-refractivity contribution in [3.8, 4) is 0 Å². The van der Waals surface area contributed by atoms with Crippen molar-refractivity contribution < 1.29 is 29.0 Å². The van der Waals surface area contributed by atoms with Crippen LogP contribution in [0.2, 0.25) is 0 Å². The Labute approximate surface area is 286 Å². The van der Waals surface area contributed by atoms with Gasteiger partial charge < -0.3 is 29.9 Å². The summed E-state index contributed by atoms with van der Waals surface area (Å²) in [5, 5.41) is 16.2. The van der Waals surface area contributed by atoms with E-state index in [2.05, 4.69) is 21.3 Å². The van der Waals surface area contributed by atoms with Crippen LogP contribution in [0.1, 0.15) is 110 Å². The minimum atomic E-state index is -1.05. The molecule has 1 saturated heterocycles. The quantitative estimate of drug-likeness (QED) is 0.221. The van der Waals surface area contributed by atoms with Gasteiger partial charge in [0.1, 0.15) is 12.1 Å². The highest BCUT2D eigenvalue weighted by Gasteiger charge is 2.43. The molecule has 10 nitrogen and oxygen atoms in total. The molecule has 4 aliphatic rings. The van der Waals surface area contributed by atoms with Gasteiger partial charge in [0, 0.05) is 47.0 Å². The molecule has 0 atom stereocenters. The molecule has 3 aromatic rings. The molecule has 2 aromatic carbocycles. The number of fused-ring (bicyclic) bond motifs is 1. The smallest absolute Gasteiger partial charge is 0.328 e. The van der Waals surface area contributed by atoms with Gasteiger partial charge >= 0.3 is 5.97 Å². The van der Waals surface area contributed by atoms with Crippen LogP contribution in [-0.2, 0) is 25.7 Å². The maximum absolute atomic E-state index is 14.1. The summed E-state index contributed by atoms with van der Waals surface area (Å²) in [6.07, 6.45) is 13.5. The molecule has 1 aromatic heterocycles. The van der Waals surface area contributed by atoms with Crippen LogP contribution in [0.5, 0.6) is 0 Å². The highest BCUT2D eigenvalue weighted by Crippen LogP contribution is 2.50. The number of nitrogens with one attached hydrogen (secondary N) is 2. The predicted octanol–water partition coefficient (Wildman–Crippen LogP) is 6.20. The van der Waals surface area contributed by atoms with Crippen LogP contribution in [0.4, 0.5) is 5.69 Å². The molecule has 2 heterocycles. The Morgan fingerprint density at radius 2 is 1.59 bits per heavy atom. The predicted molar refractivity (Wildman–Crippen MR) is 188 cm³/mol. The van der Waals surface area contributed by atoms with E-state index >= 15 is 0 Å². The molecule has 0 bridgehead atoms. The van der Waals surface area contributed by atoms with Crippen molar-refractivity contribution >= 4 is 46.4 Å². The fourth-order valence-corrected chi connectivity index (χ4v) is 8.15. The first-order valence-electron chi connectivity index (χ1n) is 18.0. The van der Waals surface area contributed by atoms with Gasteiger partial charge in [-0.25, -0.2) is 4.79 Å². The summed E-state index contributed by atoms with van der Waals surface area (Å²) in [6.45, 7) is 2.54. The van der Waals surface area contributed by atoms with Crippen LogP contribution in [0.3, 0.4) is 0 Å². The zero-order chi connectivity index (χ0) is 34.0.